The molecule has 1 aliphatic heterocycles. The number of benzene rings is 2. The molecule has 2 aromatic carbocycles. The third-order valence-electron chi connectivity index (χ3n) is 6.82. The van der Waals surface area contributed by atoms with Crippen molar-refractivity contribution in [1.29, 1.82) is 5.26 Å². The Morgan fingerprint density at radius 3 is 2.77 bits per heavy atom. The van der Waals surface area contributed by atoms with Crippen LogP contribution in [-0.4, -0.2) is 52.3 Å². The summed E-state index contributed by atoms with van der Waals surface area (Å²) in [5.41, 5.74) is 5.17. The van der Waals surface area contributed by atoms with Crippen LogP contribution in [0.3, 0.4) is 0 Å². The number of likely N-dealkylation sites (tertiary alicyclic amines) is 1. The predicted molar refractivity (Wildman–Crippen MR) is 139 cm³/mol. The third kappa shape index (κ3) is 5.64. The molecule has 180 valence electrons. The number of nitrogens with one attached hydrogen (secondary N) is 1. The molecule has 0 spiro atoms. The number of nitriles is 1. The average Bonchev–Trinajstić information content (AvgIpc) is 3.38. The van der Waals surface area contributed by atoms with Crippen molar-refractivity contribution in [2.75, 3.05) is 26.2 Å². The zero-order valence-electron chi connectivity index (χ0n) is 20.2. The molecule has 0 amide bonds. The fourth-order valence-electron chi connectivity index (χ4n) is 4.83. The van der Waals surface area contributed by atoms with E-state index in [0.29, 0.717) is 23.8 Å². The number of H-pyrrole nitrogens is 1. The molecule has 0 unspecified atom stereocenters. The summed E-state index contributed by atoms with van der Waals surface area (Å²) in [6.45, 7) is 5.01. The minimum absolute atomic E-state index is 0.193. The van der Waals surface area contributed by atoms with Gasteiger partial charge in [-0.15, -0.1) is 0 Å². The summed E-state index contributed by atoms with van der Waals surface area (Å²) in [6, 6.07) is 16.5. The summed E-state index contributed by atoms with van der Waals surface area (Å²) in [5.74, 6) is 1.11. The number of hydrogen-bond donors (Lipinski definition) is 2. The number of fused-ring (bicyclic) bond motifs is 2. The van der Waals surface area contributed by atoms with E-state index in [1.165, 1.54) is 47.7 Å². The van der Waals surface area contributed by atoms with Crippen molar-refractivity contribution in [2.24, 2.45) is 0 Å². The van der Waals surface area contributed by atoms with Gasteiger partial charge in [0.15, 0.2) is 0 Å². The normalized spacial score (nSPS) is 16.6. The topological polar surface area (TPSA) is 85.2 Å². The van der Waals surface area contributed by atoms with Crippen molar-refractivity contribution in [3.8, 4) is 11.8 Å². The highest BCUT2D eigenvalue weighted by Crippen LogP contribution is 2.43. The van der Waals surface area contributed by atoms with Crippen LogP contribution in [0, 0.1) is 18.3 Å². The fraction of sp³-hybridized carbons (Fsp3) is 0.379. The monoisotopic (exact) mass is 468 g/mol. The Morgan fingerprint density at radius 1 is 1.17 bits per heavy atom. The number of aromatic amines is 1. The maximum atomic E-state index is 10.2. The van der Waals surface area contributed by atoms with Gasteiger partial charge in [-0.25, -0.2) is 0 Å². The van der Waals surface area contributed by atoms with Crippen LogP contribution >= 0.6 is 0 Å². The molecule has 2 fully saturated rings. The SMILES string of the molecule is Cc1ccc2[nH]ccc2c1.N#Cc1cc2c(C3CC3)ccnc2cc1OC[C@H](O)CN1CCCC1. The Hall–Kier alpha value is -3.40. The zero-order chi connectivity index (χ0) is 24.2. The number of β-amino-alcohol motifs (C(OH)–C–C–N with tert-alkyl or cyclic N) is 1. The number of nitrogens with zero attached hydrogens (tertiary/aromatic N) is 3. The van der Waals surface area contributed by atoms with Gasteiger partial charge in [0, 0.05) is 35.9 Å². The Bertz CT molecular complexity index is 1350. The number of pyridine rings is 1. The van der Waals surface area contributed by atoms with E-state index in [0.717, 1.165) is 24.0 Å². The zero-order valence-corrected chi connectivity index (χ0v) is 20.2. The fourth-order valence-corrected chi connectivity index (χ4v) is 4.83. The number of aryl methyl sites for hydroxylation is 1. The molecule has 2 aromatic heterocycles. The van der Waals surface area contributed by atoms with Crippen LogP contribution in [0.2, 0.25) is 0 Å². The van der Waals surface area contributed by atoms with Gasteiger partial charge in [0.05, 0.1) is 11.1 Å². The van der Waals surface area contributed by atoms with Crippen LogP contribution in [0.15, 0.2) is 54.9 Å². The molecule has 2 aliphatic rings. The lowest BCUT2D eigenvalue weighted by molar-refractivity contribution is 0.0758. The molecule has 6 rings (SSSR count). The molecule has 1 aliphatic carbocycles. The molecule has 3 heterocycles. The van der Waals surface area contributed by atoms with Gasteiger partial charge < -0.3 is 19.7 Å². The van der Waals surface area contributed by atoms with Gasteiger partial charge in [0.2, 0.25) is 0 Å². The lowest BCUT2D eigenvalue weighted by Gasteiger charge is -2.20. The molecule has 0 bridgehead atoms. The molecule has 35 heavy (non-hydrogen) atoms. The highest BCUT2D eigenvalue weighted by Gasteiger charge is 2.26. The van der Waals surface area contributed by atoms with Crippen LogP contribution in [0.25, 0.3) is 21.8 Å². The summed E-state index contributed by atoms with van der Waals surface area (Å²) in [7, 11) is 0. The lowest BCUT2D eigenvalue weighted by atomic mass is 10.0. The molecular weight excluding hydrogens is 436 g/mol. The van der Waals surface area contributed by atoms with E-state index in [1.807, 2.05) is 24.5 Å². The van der Waals surface area contributed by atoms with Crippen molar-refractivity contribution in [2.45, 2.75) is 44.6 Å². The molecule has 6 heteroatoms. The van der Waals surface area contributed by atoms with Crippen LogP contribution in [0.1, 0.15) is 48.3 Å². The van der Waals surface area contributed by atoms with Crippen LogP contribution in [-0.2, 0) is 0 Å². The van der Waals surface area contributed by atoms with Gasteiger partial charge in [-0.3, -0.25) is 4.98 Å². The minimum Gasteiger partial charge on any atom is -0.489 e. The Kier molecular flexibility index (Phi) is 6.98. The van der Waals surface area contributed by atoms with Crippen molar-refractivity contribution in [3.63, 3.8) is 0 Å². The highest BCUT2D eigenvalue weighted by atomic mass is 16.5. The summed E-state index contributed by atoms with van der Waals surface area (Å²) in [6.07, 6.45) is 8.06. The van der Waals surface area contributed by atoms with Gasteiger partial charge in [0.1, 0.15) is 24.5 Å². The molecular formula is C29H32N4O2. The molecule has 1 saturated carbocycles. The maximum absolute atomic E-state index is 10.2. The molecule has 6 nitrogen and oxygen atoms in total. The van der Waals surface area contributed by atoms with E-state index in [9.17, 15) is 10.4 Å². The largest absolute Gasteiger partial charge is 0.489 e. The van der Waals surface area contributed by atoms with E-state index in [4.69, 9.17) is 4.74 Å². The summed E-state index contributed by atoms with van der Waals surface area (Å²) in [4.78, 5) is 9.84. The van der Waals surface area contributed by atoms with Gasteiger partial charge >= 0.3 is 0 Å². The van der Waals surface area contributed by atoms with Crippen molar-refractivity contribution in [1.82, 2.24) is 14.9 Å². The van der Waals surface area contributed by atoms with Crippen molar-refractivity contribution >= 4 is 21.8 Å². The second-order valence-electron chi connectivity index (χ2n) is 9.69. The first-order valence-electron chi connectivity index (χ1n) is 12.5. The quantitative estimate of drug-likeness (QED) is 0.401. The number of hydrogen-bond acceptors (Lipinski definition) is 5. The van der Waals surface area contributed by atoms with Gasteiger partial charge in [-0.2, -0.15) is 5.26 Å². The van der Waals surface area contributed by atoms with Crippen LogP contribution < -0.4 is 4.74 Å². The standard InChI is InChI=1S/C20H23N3O2.C9H9N/c21-11-15-9-18-17(14-3-4-14)5-6-22-19(18)10-20(15)25-13-16(24)12-23-7-1-2-8-23;1-7-2-3-9-8(6-7)4-5-10-9/h5-6,9-10,14,16,24H,1-4,7-8,12-13H2;2-6,10H,1H3/t16-;/m1./s1. The van der Waals surface area contributed by atoms with Crippen LogP contribution in [0.5, 0.6) is 5.75 Å². The number of aliphatic hydroxyl groups excluding tert-OH is 1. The highest BCUT2D eigenvalue weighted by molar-refractivity contribution is 5.86. The van der Waals surface area contributed by atoms with E-state index >= 15 is 0 Å². The Balaban J connectivity index is 0.000000211. The van der Waals surface area contributed by atoms with E-state index < -0.39 is 6.10 Å². The summed E-state index contributed by atoms with van der Waals surface area (Å²) in [5, 5.41) is 22.0. The van der Waals surface area contributed by atoms with Crippen LogP contribution in [0.4, 0.5) is 0 Å². The lowest BCUT2D eigenvalue weighted by Crippen LogP contribution is -2.33. The summed E-state index contributed by atoms with van der Waals surface area (Å²) < 4.78 is 5.79. The van der Waals surface area contributed by atoms with E-state index in [1.54, 1.807) is 0 Å². The summed E-state index contributed by atoms with van der Waals surface area (Å²) >= 11 is 0. The number of aromatic nitrogens is 2. The van der Waals surface area contributed by atoms with Gasteiger partial charge in [-0.05, 0) is 92.9 Å². The van der Waals surface area contributed by atoms with E-state index in [-0.39, 0.29) is 6.61 Å². The maximum Gasteiger partial charge on any atom is 0.139 e. The Labute approximate surface area is 206 Å². The second-order valence-corrected chi connectivity index (χ2v) is 9.69. The first-order chi connectivity index (χ1) is 17.1. The molecule has 0 radical (unpaired) electrons. The molecule has 1 saturated heterocycles. The molecule has 1 atom stereocenters. The minimum atomic E-state index is -0.550. The first kappa shape index (κ1) is 23.3. The third-order valence-corrected chi connectivity index (χ3v) is 6.82. The van der Waals surface area contributed by atoms with Crippen molar-refractivity contribution in [3.05, 3.63) is 71.5 Å². The smallest absolute Gasteiger partial charge is 0.139 e. The van der Waals surface area contributed by atoms with Gasteiger partial charge in [-0.1, -0.05) is 11.6 Å². The van der Waals surface area contributed by atoms with Gasteiger partial charge in [0.25, 0.3) is 0 Å². The molecule has 4 aromatic rings. The second kappa shape index (κ2) is 10.5. The Morgan fingerprint density at radius 2 is 2.00 bits per heavy atom. The van der Waals surface area contributed by atoms with Crippen molar-refractivity contribution < 1.29 is 9.84 Å². The number of rotatable bonds is 6. The predicted octanol–water partition coefficient (Wildman–Crippen LogP) is 5.30. The molecule has 2 N–H and O–H groups in total. The number of ether oxygens (including phenoxy) is 1. The van der Waals surface area contributed by atoms with E-state index in [2.05, 4.69) is 58.2 Å². The number of aliphatic hydroxyl groups is 1. The first-order valence-corrected chi connectivity index (χ1v) is 12.5. The average molecular weight is 469 g/mol.